The Kier molecular flexibility index (Phi) is 8.18. The standard InChI is InChI=1S/C16H24N4O2.HI/c1-4-17-16(18-11-14(21)15-8-6-10-22-15)20(3)12-13-7-5-9-19(13)2;/h5-10,14,21H,4,11-12H2,1-3H3,(H,17,18);1H. The second-order valence-electron chi connectivity index (χ2n) is 5.19. The number of guanidine groups is 1. The van der Waals surface area contributed by atoms with Crippen LogP contribution in [0.2, 0.25) is 0 Å². The number of furan rings is 1. The van der Waals surface area contributed by atoms with Gasteiger partial charge in [-0.05, 0) is 31.2 Å². The van der Waals surface area contributed by atoms with Crippen molar-refractivity contribution in [3.63, 3.8) is 0 Å². The summed E-state index contributed by atoms with van der Waals surface area (Å²) in [6.07, 6.45) is 2.84. The van der Waals surface area contributed by atoms with Gasteiger partial charge in [-0.1, -0.05) is 0 Å². The molecule has 0 aromatic carbocycles. The van der Waals surface area contributed by atoms with Crippen LogP contribution in [0.4, 0.5) is 0 Å². The maximum absolute atomic E-state index is 10.1. The first-order chi connectivity index (χ1) is 10.6. The molecule has 0 radical (unpaired) electrons. The molecule has 0 saturated carbocycles. The zero-order valence-electron chi connectivity index (χ0n) is 13.8. The molecule has 0 saturated heterocycles. The number of nitrogens with one attached hydrogen (secondary N) is 1. The van der Waals surface area contributed by atoms with Crippen LogP contribution in [0.15, 0.2) is 46.1 Å². The zero-order chi connectivity index (χ0) is 15.9. The van der Waals surface area contributed by atoms with Crippen LogP contribution >= 0.6 is 24.0 Å². The molecule has 0 aliphatic rings. The lowest BCUT2D eigenvalue weighted by Gasteiger charge is -2.22. The Bertz CT molecular complexity index is 595. The Balaban J connectivity index is 0.00000264. The van der Waals surface area contributed by atoms with E-state index in [1.807, 2.05) is 38.2 Å². The van der Waals surface area contributed by atoms with Gasteiger partial charge in [0.1, 0.15) is 11.9 Å². The maximum atomic E-state index is 10.1. The van der Waals surface area contributed by atoms with E-state index in [0.29, 0.717) is 5.76 Å². The molecule has 0 bridgehead atoms. The molecule has 1 unspecified atom stereocenters. The Labute approximate surface area is 154 Å². The second kappa shape index (κ2) is 9.61. The normalized spacial score (nSPS) is 12.6. The quantitative estimate of drug-likeness (QED) is 0.418. The van der Waals surface area contributed by atoms with E-state index < -0.39 is 6.10 Å². The lowest BCUT2D eigenvalue weighted by molar-refractivity contribution is 0.158. The third kappa shape index (κ3) is 5.58. The highest BCUT2D eigenvalue weighted by atomic mass is 127. The molecule has 0 aliphatic carbocycles. The smallest absolute Gasteiger partial charge is 0.194 e. The van der Waals surface area contributed by atoms with E-state index in [4.69, 9.17) is 4.42 Å². The first kappa shape index (κ1) is 19.6. The highest BCUT2D eigenvalue weighted by Crippen LogP contribution is 2.13. The molecule has 2 aromatic heterocycles. The number of aromatic nitrogens is 1. The number of hydrogen-bond donors (Lipinski definition) is 2. The van der Waals surface area contributed by atoms with Gasteiger partial charge in [0, 0.05) is 32.5 Å². The summed E-state index contributed by atoms with van der Waals surface area (Å²) in [6.45, 7) is 3.79. The lowest BCUT2D eigenvalue weighted by Crippen LogP contribution is -2.39. The summed E-state index contributed by atoms with van der Waals surface area (Å²) < 4.78 is 7.27. The van der Waals surface area contributed by atoms with Gasteiger partial charge in [0.05, 0.1) is 19.4 Å². The fourth-order valence-corrected chi connectivity index (χ4v) is 2.19. The minimum atomic E-state index is -0.730. The molecule has 1 atom stereocenters. The van der Waals surface area contributed by atoms with Gasteiger partial charge in [-0.15, -0.1) is 24.0 Å². The van der Waals surface area contributed by atoms with Crippen LogP contribution in [-0.4, -0.2) is 40.7 Å². The second-order valence-corrected chi connectivity index (χ2v) is 5.19. The van der Waals surface area contributed by atoms with Crippen LogP contribution in [0.1, 0.15) is 24.5 Å². The van der Waals surface area contributed by atoms with Crippen molar-refractivity contribution < 1.29 is 9.52 Å². The van der Waals surface area contributed by atoms with Crippen LogP contribution in [-0.2, 0) is 13.6 Å². The molecule has 0 spiro atoms. The Morgan fingerprint density at radius 1 is 1.43 bits per heavy atom. The molecule has 6 nitrogen and oxygen atoms in total. The predicted molar refractivity (Wildman–Crippen MR) is 102 cm³/mol. The Morgan fingerprint density at radius 3 is 2.78 bits per heavy atom. The highest BCUT2D eigenvalue weighted by Gasteiger charge is 2.12. The highest BCUT2D eigenvalue weighted by molar-refractivity contribution is 14.0. The molecule has 2 rings (SSSR count). The fraction of sp³-hybridized carbons (Fsp3) is 0.438. The summed E-state index contributed by atoms with van der Waals surface area (Å²) in [6, 6.07) is 7.61. The van der Waals surface area contributed by atoms with Crippen LogP contribution in [0.3, 0.4) is 0 Å². The average molecular weight is 432 g/mol. The van der Waals surface area contributed by atoms with Crippen molar-refractivity contribution in [3.8, 4) is 0 Å². The molecule has 23 heavy (non-hydrogen) atoms. The number of halogens is 1. The predicted octanol–water partition coefficient (Wildman–Crippen LogP) is 2.37. The first-order valence-corrected chi connectivity index (χ1v) is 7.43. The number of aliphatic hydroxyl groups is 1. The van der Waals surface area contributed by atoms with Gasteiger partial charge in [-0.3, -0.25) is 0 Å². The Hall–Kier alpha value is -1.48. The SMILES string of the molecule is CCNC(=NCC(O)c1ccco1)N(C)Cc1cccn1C.I. The molecule has 7 heteroatoms. The van der Waals surface area contributed by atoms with Crippen molar-refractivity contribution in [3.05, 3.63) is 48.2 Å². The van der Waals surface area contributed by atoms with E-state index in [-0.39, 0.29) is 30.5 Å². The van der Waals surface area contributed by atoms with Gasteiger partial charge in [0.25, 0.3) is 0 Å². The number of aliphatic imine (C=N–C) groups is 1. The molecule has 2 N–H and O–H groups in total. The fourth-order valence-electron chi connectivity index (χ4n) is 2.19. The summed E-state index contributed by atoms with van der Waals surface area (Å²) in [5, 5.41) is 13.3. The summed E-state index contributed by atoms with van der Waals surface area (Å²) >= 11 is 0. The van der Waals surface area contributed by atoms with Gasteiger partial charge in [-0.25, -0.2) is 4.99 Å². The zero-order valence-corrected chi connectivity index (χ0v) is 16.1. The topological polar surface area (TPSA) is 65.9 Å². The largest absolute Gasteiger partial charge is 0.467 e. The number of nitrogens with zero attached hydrogens (tertiary/aromatic N) is 3. The molecule has 0 aliphatic heterocycles. The van der Waals surface area contributed by atoms with Crippen molar-refractivity contribution in [1.29, 1.82) is 0 Å². The molecule has 0 amide bonds. The molecular formula is C16H25IN4O2. The van der Waals surface area contributed by atoms with Gasteiger partial charge in [0.15, 0.2) is 5.96 Å². The van der Waals surface area contributed by atoms with Crippen LogP contribution in [0.5, 0.6) is 0 Å². The monoisotopic (exact) mass is 432 g/mol. The summed E-state index contributed by atoms with van der Waals surface area (Å²) in [4.78, 5) is 6.53. The summed E-state index contributed by atoms with van der Waals surface area (Å²) in [5.41, 5.74) is 1.19. The number of aryl methyl sites for hydroxylation is 1. The third-order valence-electron chi connectivity index (χ3n) is 3.43. The van der Waals surface area contributed by atoms with Gasteiger partial charge < -0.3 is 24.3 Å². The number of hydrogen-bond acceptors (Lipinski definition) is 3. The third-order valence-corrected chi connectivity index (χ3v) is 3.43. The number of aliphatic hydroxyl groups excluding tert-OH is 1. The van der Waals surface area contributed by atoms with Gasteiger partial charge >= 0.3 is 0 Å². The molecule has 2 heterocycles. The van der Waals surface area contributed by atoms with Crippen LogP contribution in [0, 0.1) is 0 Å². The van der Waals surface area contributed by atoms with Crippen molar-refractivity contribution in [2.45, 2.75) is 19.6 Å². The van der Waals surface area contributed by atoms with Crippen molar-refractivity contribution in [2.24, 2.45) is 12.0 Å². The minimum Gasteiger partial charge on any atom is -0.467 e. The van der Waals surface area contributed by atoms with E-state index in [1.165, 1.54) is 5.69 Å². The van der Waals surface area contributed by atoms with Crippen LogP contribution < -0.4 is 5.32 Å². The maximum Gasteiger partial charge on any atom is 0.194 e. The van der Waals surface area contributed by atoms with Crippen LogP contribution in [0.25, 0.3) is 0 Å². The molecular weight excluding hydrogens is 407 g/mol. The van der Waals surface area contributed by atoms with Gasteiger partial charge in [0.2, 0.25) is 0 Å². The summed E-state index contributed by atoms with van der Waals surface area (Å²) in [5.74, 6) is 1.29. The van der Waals surface area contributed by atoms with Gasteiger partial charge in [-0.2, -0.15) is 0 Å². The van der Waals surface area contributed by atoms with E-state index in [1.54, 1.807) is 18.4 Å². The first-order valence-electron chi connectivity index (χ1n) is 7.43. The minimum absolute atomic E-state index is 0. The van der Waals surface area contributed by atoms with E-state index >= 15 is 0 Å². The van der Waals surface area contributed by atoms with E-state index in [0.717, 1.165) is 19.0 Å². The Morgan fingerprint density at radius 2 is 2.22 bits per heavy atom. The van der Waals surface area contributed by atoms with Crippen molar-refractivity contribution in [2.75, 3.05) is 20.1 Å². The van der Waals surface area contributed by atoms with Crippen molar-refractivity contribution in [1.82, 2.24) is 14.8 Å². The summed E-state index contributed by atoms with van der Waals surface area (Å²) in [7, 11) is 4.00. The number of rotatable bonds is 6. The lowest BCUT2D eigenvalue weighted by atomic mass is 10.3. The molecule has 0 fully saturated rings. The van der Waals surface area contributed by atoms with E-state index in [9.17, 15) is 5.11 Å². The molecule has 2 aromatic rings. The average Bonchev–Trinajstić information content (AvgIpc) is 3.15. The van der Waals surface area contributed by atoms with Crippen molar-refractivity contribution >= 4 is 29.9 Å². The molecule has 128 valence electrons. The van der Waals surface area contributed by atoms with E-state index in [2.05, 4.69) is 20.9 Å².